The van der Waals surface area contributed by atoms with E-state index in [0.29, 0.717) is 26.2 Å². The molecule has 4 rings (SSSR count). The first-order chi connectivity index (χ1) is 13.0. The summed E-state index contributed by atoms with van der Waals surface area (Å²) in [6.45, 7) is 4.68. The molecule has 140 valence electrons. The van der Waals surface area contributed by atoms with E-state index in [4.69, 9.17) is 0 Å². The third-order valence-electron chi connectivity index (χ3n) is 5.27. The van der Waals surface area contributed by atoms with Gasteiger partial charge in [-0.1, -0.05) is 11.6 Å². The van der Waals surface area contributed by atoms with Gasteiger partial charge in [-0.05, 0) is 43.3 Å². The summed E-state index contributed by atoms with van der Waals surface area (Å²) in [5, 5.41) is 10.9. The van der Waals surface area contributed by atoms with Crippen molar-refractivity contribution in [3.05, 3.63) is 65.6 Å². The predicted molar refractivity (Wildman–Crippen MR) is 104 cm³/mol. The van der Waals surface area contributed by atoms with Gasteiger partial charge in [-0.15, -0.1) is 0 Å². The molecule has 2 N–H and O–H groups in total. The zero-order valence-electron chi connectivity index (χ0n) is 15.2. The van der Waals surface area contributed by atoms with Crippen LogP contribution in [0.4, 0.5) is 10.1 Å². The molecule has 1 fully saturated rings. The Morgan fingerprint density at radius 1 is 1.11 bits per heavy atom. The van der Waals surface area contributed by atoms with Crippen LogP contribution in [0.15, 0.2) is 48.7 Å². The summed E-state index contributed by atoms with van der Waals surface area (Å²) in [5.74, 6) is -1.09. The van der Waals surface area contributed by atoms with Gasteiger partial charge in [0.1, 0.15) is 11.9 Å². The largest absolute Gasteiger partial charge is 0.480 e. The summed E-state index contributed by atoms with van der Waals surface area (Å²) < 4.78 is 13.1. The molecule has 2 aromatic carbocycles. The molecule has 27 heavy (non-hydrogen) atoms. The lowest BCUT2D eigenvalue weighted by Crippen LogP contribution is -2.49. The second kappa shape index (κ2) is 7.04. The van der Waals surface area contributed by atoms with Crippen LogP contribution in [0, 0.1) is 12.7 Å². The number of rotatable bonds is 4. The molecule has 6 heteroatoms. The highest BCUT2D eigenvalue weighted by Crippen LogP contribution is 2.30. The number of aromatic amines is 1. The molecule has 0 saturated carbocycles. The quantitative estimate of drug-likeness (QED) is 0.740. The van der Waals surface area contributed by atoms with Crippen LogP contribution in [-0.2, 0) is 4.79 Å². The normalized spacial score (nSPS) is 16.6. The molecular weight excluding hydrogens is 345 g/mol. The molecular formula is C21H22FN3O2. The number of hydrogen-bond acceptors (Lipinski definition) is 3. The number of H-pyrrole nitrogens is 1. The number of carboxylic acids is 1. The number of aliphatic carboxylic acids is 1. The molecule has 0 amide bonds. The number of aryl methyl sites for hydroxylation is 1. The van der Waals surface area contributed by atoms with Gasteiger partial charge < -0.3 is 15.0 Å². The Morgan fingerprint density at radius 3 is 2.48 bits per heavy atom. The third-order valence-corrected chi connectivity index (χ3v) is 5.27. The monoisotopic (exact) mass is 367 g/mol. The average Bonchev–Trinajstić information content (AvgIpc) is 3.06. The van der Waals surface area contributed by atoms with Gasteiger partial charge in [0.05, 0.1) is 0 Å². The lowest BCUT2D eigenvalue weighted by atomic mass is 10.0. The Hall–Kier alpha value is -2.86. The van der Waals surface area contributed by atoms with Gasteiger partial charge in [0.25, 0.3) is 0 Å². The number of anilines is 1. The van der Waals surface area contributed by atoms with Crippen LogP contribution in [0.3, 0.4) is 0 Å². The van der Waals surface area contributed by atoms with Crippen LogP contribution in [0.1, 0.15) is 17.2 Å². The highest BCUT2D eigenvalue weighted by Gasteiger charge is 2.32. The number of fused-ring (bicyclic) bond motifs is 1. The lowest BCUT2D eigenvalue weighted by Gasteiger charge is -2.38. The van der Waals surface area contributed by atoms with Crippen molar-refractivity contribution in [2.75, 3.05) is 31.1 Å². The van der Waals surface area contributed by atoms with E-state index >= 15 is 0 Å². The molecule has 1 saturated heterocycles. The van der Waals surface area contributed by atoms with Crippen molar-refractivity contribution in [3.8, 4) is 0 Å². The smallest absolute Gasteiger partial charge is 0.325 e. The number of benzene rings is 2. The SMILES string of the molecule is Cc1ccc2[nH]cc([C@H](C(=O)O)N3CCN(c4ccc(F)cc4)CC3)c2c1. The summed E-state index contributed by atoms with van der Waals surface area (Å²) in [6.07, 6.45) is 1.81. The van der Waals surface area contributed by atoms with Crippen LogP contribution >= 0.6 is 0 Å². The number of aromatic nitrogens is 1. The van der Waals surface area contributed by atoms with Crippen molar-refractivity contribution < 1.29 is 14.3 Å². The van der Waals surface area contributed by atoms with Crippen molar-refractivity contribution >= 4 is 22.6 Å². The maximum Gasteiger partial charge on any atom is 0.325 e. The fourth-order valence-electron chi connectivity index (χ4n) is 3.86. The Balaban J connectivity index is 1.56. The Kier molecular flexibility index (Phi) is 4.58. The zero-order valence-corrected chi connectivity index (χ0v) is 15.2. The number of nitrogens with zero attached hydrogens (tertiary/aromatic N) is 2. The van der Waals surface area contributed by atoms with Gasteiger partial charge in [-0.2, -0.15) is 0 Å². The van der Waals surface area contributed by atoms with E-state index in [-0.39, 0.29) is 5.82 Å². The van der Waals surface area contributed by atoms with Gasteiger partial charge in [-0.3, -0.25) is 9.69 Å². The molecule has 1 aliphatic rings. The molecule has 0 bridgehead atoms. The Labute approximate surface area is 157 Å². The second-order valence-corrected chi connectivity index (χ2v) is 7.03. The number of nitrogens with one attached hydrogen (secondary N) is 1. The average molecular weight is 367 g/mol. The van der Waals surface area contributed by atoms with Crippen molar-refractivity contribution in [3.63, 3.8) is 0 Å². The van der Waals surface area contributed by atoms with E-state index in [0.717, 1.165) is 27.7 Å². The van der Waals surface area contributed by atoms with E-state index in [1.807, 2.05) is 36.2 Å². The molecule has 0 aliphatic carbocycles. The molecule has 3 aromatic rings. The molecule has 0 radical (unpaired) electrons. The van der Waals surface area contributed by atoms with Crippen LogP contribution in [0.5, 0.6) is 0 Å². The van der Waals surface area contributed by atoms with Gasteiger partial charge in [-0.25, -0.2) is 4.39 Å². The van der Waals surface area contributed by atoms with E-state index in [1.54, 1.807) is 12.1 Å². The molecule has 1 aliphatic heterocycles. The highest BCUT2D eigenvalue weighted by molar-refractivity contribution is 5.89. The minimum absolute atomic E-state index is 0.252. The van der Waals surface area contributed by atoms with Crippen molar-refractivity contribution in [1.82, 2.24) is 9.88 Å². The second-order valence-electron chi connectivity index (χ2n) is 7.03. The Bertz CT molecular complexity index is 959. The summed E-state index contributed by atoms with van der Waals surface area (Å²) in [4.78, 5) is 19.5. The molecule has 0 unspecified atom stereocenters. The lowest BCUT2D eigenvalue weighted by molar-refractivity contribution is -0.143. The van der Waals surface area contributed by atoms with Crippen molar-refractivity contribution in [1.29, 1.82) is 0 Å². The van der Waals surface area contributed by atoms with Crippen LogP contribution in [-0.4, -0.2) is 47.1 Å². The first-order valence-electron chi connectivity index (χ1n) is 9.08. The standard InChI is InChI=1S/C21H22FN3O2/c1-14-2-7-19-17(12-14)18(13-23-19)20(21(26)27)25-10-8-24(9-11-25)16-5-3-15(22)4-6-16/h2-7,12-13,20,23H,8-11H2,1H3,(H,26,27)/t20-/m1/s1. The number of piperazine rings is 1. The third kappa shape index (κ3) is 3.40. The molecule has 5 nitrogen and oxygen atoms in total. The van der Waals surface area contributed by atoms with Gasteiger partial charge in [0, 0.05) is 54.5 Å². The zero-order chi connectivity index (χ0) is 19.0. The van der Waals surface area contributed by atoms with Crippen molar-refractivity contribution in [2.24, 2.45) is 0 Å². The van der Waals surface area contributed by atoms with Crippen molar-refractivity contribution in [2.45, 2.75) is 13.0 Å². The number of hydrogen-bond donors (Lipinski definition) is 2. The fraction of sp³-hybridized carbons (Fsp3) is 0.286. The molecule has 1 atom stereocenters. The topological polar surface area (TPSA) is 59.6 Å². The minimum atomic E-state index is -0.840. The maximum atomic E-state index is 13.1. The predicted octanol–water partition coefficient (Wildman–Crippen LogP) is 3.56. The van der Waals surface area contributed by atoms with E-state index < -0.39 is 12.0 Å². The summed E-state index contributed by atoms with van der Waals surface area (Å²) in [6, 6.07) is 11.8. The highest BCUT2D eigenvalue weighted by atomic mass is 19.1. The molecule has 2 heterocycles. The van der Waals surface area contributed by atoms with E-state index in [2.05, 4.69) is 9.88 Å². The summed E-state index contributed by atoms with van der Waals surface area (Å²) in [7, 11) is 0. The van der Waals surface area contributed by atoms with Gasteiger partial charge in [0.2, 0.25) is 0 Å². The summed E-state index contributed by atoms with van der Waals surface area (Å²) in [5.41, 5.74) is 3.82. The Morgan fingerprint density at radius 2 is 1.81 bits per heavy atom. The van der Waals surface area contributed by atoms with Crippen LogP contribution in [0.2, 0.25) is 0 Å². The minimum Gasteiger partial charge on any atom is -0.480 e. The number of carbonyl (C=O) groups is 1. The summed E-state index contributed by atoms with van der Waals surface area (Å²) >= 11 is 0. The first kappa shape index (κ1) is 17.5. The van der Waals surface area contributed by atoms with Crippen LogP contribution in [0.25, 0.3) is 10.9 Å². The first-order valence-corrected chi connectivity index (χ1v) is 9.08. The maximum absolute atomic E-state index is 13.1. The number of halogens is 1. The number of carboxylic acid groups (broad SMARTS) is 1. The van der Waals surface area contributed by atoms with Crippen LogP contribution < -0.4 is 4.90 Å². The molecule has 0 spiro atoms. The van der Waals surface area contributed by atoms with E-state index in [9.17, 15) is 14.3 Å². The van der Waals surface area contributed by atoms with Gasteiger partial charge in [0.15, 0.2) is 0 Å². The van der Waals surface area contributed by atoms with E-state index in [1.165, 1.54) is 12.1 Å². The fourth-order valence-corrected chi connectivity index (χ4v) is 3.86. The van der Waals surface area contributed by atoms with Gasteiger partial charge >= 0.3 is 5.97 Å². The molecule has 1 aromatic heterocycles.